The van der Waals surface area contributed by atoms with Crippen LogP contribution in [0.1, 0.15) is 6.42 Å². The molecule has 1 aliphatic rings. The van der Waals surface area contributed by atoms with Crippen LogP contribution in [0.5, 0.6) is 5.75 Å². The molecule has 5 nitrogen and oxygen atoms in total. The average molecular weight is 405 g/mol. The summed E-state index contributed by atoms with van der Waals surface area (Å²) in [4.78, 5) is 14.3. The van der Waals surface area contributed by atoms with Gasteiger partial charge in [-0.05, 0) is 42.5 Å². The number of rotatable bonds is 6. The molecular formula is C19H21BrN2O3. The molecule has 0 radical (unpaired) electrons. The molecule has 1 aliphatic heterocycles. The number of nitrogens with one attached hydrogen (secondary N) is 1. The summed E-state index contributed by atoms with van der Waals surface area (Å²) in [5.74, 6) is 0.686. The standard InChI is InChI=1S/C19H21BrN2O3/c20-15-2-1-3-18(14-15)25-11-8-19(23)21-16-4-6-17(7-5-16)22-9-12-24-13-10-22/h1-7,14H,8-13H2,(H,21,23). The van der Waals surface area contributed by atoms with Gasteiger partial charge in [0.1, 0.15) is 5.75 Å². The Hall–Kier alpha value is -2.05. The van der Waals surface area contributed by atoms with E-state index in [1.807, 2.05) is 48.5 Å². The minimum Gasteiger partial charge on any atom is -0.493 e. The largest absolute Gasteiger partial charge is 0.493 e. The molecule has 132 valence electrons. The van der Waals surface area contributed by atoms with Gasteiger partial charge < -0.3 is 19.7 Å². The monoisotopic (exact) mass is 404 g/mol. The second-order valence-electron chi connectivity index (χ2n) is 5.75. The fourth-order valence-corrected chi connectivity index (χ4v) is 3.00. The molecule has 0 bridgehead atoms. The topological polar surface area (TPSA) is 50.8 Å². The lowest BCUT2D eigenvalue weighted by Crippen LogP contribution is -2.36. The zero-order chi connectivity index (χ0) is 17.5. The first-order valence-electron chi connectivity index (χ1n) is 8.32. The summed E-state index contributed by atoms with van der Waals surface area (Å²) in [7, 11) is 0. The van der Waals surface area contributed by atoms with Gasteiger partial charge >= 0.3 is 0 Å². The van der Waals surface area contributed by atoms with Crippen LogP contribution in [0.4, 0.5) is 11.4 Å². The van der Waals surface area contributed by atoms with E-state index in [1.54, 1.807) is 0 Å². The Morgan fingerprint density at radius 3 is 2.64 bits per heavy atom. The minimum atomic E-state index is -0.0610. The number of nitrogens with zero attached hydrogens (tertiary/aromatic N) is 1. The number of halogens is 1. The van der Waals surface area contributed by atoms with E-state index in [9.17, 15) is 4.79 Å². The lowest BCUT2D eigenvalue weighted by molar-refractivity contribution is -0.116. The number of benzene rings is 2. The molecule has 1 amide bonds. The Kier molecular flexibility index (Phi) is 6.30. The summed E-state index contributed by atoms with van der Waals surface area (Å²) in [6, 6.07) is 15.5. The van der Waals surface area contributed by atoms with Crippen LogP contribution in [-0.2, 0) is 9.53 Å². The average Bonchev–Trinajstić information content (AvgIpc) is 2.63. The normalized spacial score (nSPS) is 14.2. The van der Waals surface area contributed by atoms with E-state index < -0.39 is 0 Å². The second kappa shape index (κ2) is 8.87. The van der Waals surface area contributed by atoms with Crippen molar-refractivity contribution in [2.24, 2.45) is 0 Å². The van der Waals surface area contributed by atoms with Crippen LogP contribution in [0, 0.1) is 0 Å². The summed E-state index contributed by atoms with van der Waals surface area (Å²) < 4.78 is 11.9. The number of hydrogen-bond donors (Lipinski definition) is 1. The summed E-state index contributed by atoms with van der Waals surface area (Å²) in [6.45, 7) is 3.67. The van der Waals surface area contributed by atoms with Gasteiger partial charge in [-0.2, -0.15) is 0 Å². The van der Waals surface area contributed by atoms with Crippen molar-refractivity contribution in [3.05, 3.63) is 53.0 Å². The quantitative estimate of drug-likeness (QED) is 0.797. The highest BCUT2D eigenvalue weighted by Gasteiger charge is 2.11. The maximum absolute atomic E-state index is 12.0. The first kappa shape index (κ1) is 17.8. The summed E-state index contributed by atoms with van der Waals surface area (Å²) in [6.07, 6.45) is 0.303. The molecule has 6 heteroatoms. The molecule has 2 aromatic rings. The molecule has 0 aromatic heterocycles. The fraction of sp³-hybridized carbons (Fsp3) is 0.316. The third-order valence-corrected chi connectivity index (χ3v) is 4.41. The molecule has 1 N–H and O–H groups in total. The number of morpholine rings is 1. The van der Waals surface area contributed by atoms with Crippen LogP contribution in [0.3, 0.4) is 0 Å². The molecule has 0 atom stereocenters. The number of hydrogen-bond acceptors (Lipinski definition) is 4. The van der Waals surface area contributed by atoms with Gasteiger partial charge in [0, 0.05) is 28.9 Å². The van der Waals surface area contributed by atoms with Crippen LogP contribution in [0.2, 0.25) is 0 Å². The van der Waals surface area contributed by atoms with Crippen molar-refractivity contribution < 1.29 is 14.3 Å². The highest BCUT2D eigenvalue weighted by molar-refractivity contribution is 9.10. The summed E-state index contributed by atoms with van der Waals surface area (Å²) in [5.41, 5.74) is 1.95. The van der Waals surface area contributed by atoms with Crippen molar-refractivity contribution in [1.82, 2.24) is 0 Å². The van der Waals surface area contributed by atoms with Crippen molar-refractivity contribution in [2.75, 3.05) is 43.1 Å². The molecule has 1 heterocycles. The Morgan fingerprint density at radius 1 is 1.16 bits per heavy atom. The highest BCUT2D eigenvalue weighted by Crippen LogP contribution is 2.20. The van der Waals surface area contributed by atoms with E-state index in [4.69, 9.17) is 9.47 Å². The second-order valence-corrected chi connectivity index (χ2v) is 6.67. The maximum atomic E-state index is 12.0. The summed E-state index contributed by atoms with van der Waals surface area (Å²) in [5, 5.41) is 2.90. The van der Waals surface area contributed by atoms with Crippen LogP contribution in [0.25, 0.3) is 0 Å². The predicted octanol–water partition coefficient (Wildman–Crippen LogP) is 3.69. The van der Waals surface area contributed by atoms with Crippen LogP contribution >= 0.6 is 15.9 Å². The molecule has 0 aliphatic carbocycles. The van der Waals surface area contributed by atoms with Gasteiger partial charge in [-0.1, -0.05) is 22.0 Å². The van der Waals surface area contributed by atoms with Gasteiger partial charge in [-0.25, -0.2) is 0 Å². The van der Waals surface area contributed by atoms with Gasteiger partial charge in [0.05, 0.1) is 26.2 Å². The van der Waals surface area contributed by atoms with Gasteiger partial charge in [0.15, 0.2) is 0 Å². The number of carbonyl (C=O) groups excluding carboxylic acids is 1. The SMILES string of the molecule is O=C(CCOc1cccc(Br)c1)Nc1ccc(N2CCOCC2)cc1. The predicted molar refractivity (Wildman–Crippen MR) is 102 cm³/mol. The maximum Gasteiger partial charge on any atom is 0.227 e. The van der Waals surface area contributed by atoms with Crippen molar-refractivity contribution >= 4 is 33.2 Å². The zero-order valence-corrected chi connectivity index (χ0v) is 15.5. The molecule has 0 saturated carbocycles. The number of carbonyl (C=O) groups is 1. The third-order valence-electron chi connectivity index (χ3n) is 3.92. The van der Waals surface area contributed by atoms with Gasteiger partial charge in [-0.3, -0.25) is 4.79 Å². The van der Waals surface area contributed by atoms with Crippen LogP contribution < -0.4 is 15.0 Å². The van der Waals surface area contributed by atoms with E-state index in [-0.39, 0.29) is 5.91 Å². The molecule has 1 saturated heterocycles. The molecule has 0 spiro atoms. The van der Waals surface area contributed by atoms with E-state index >= 15 is 0 Å². The fourth-order valence-electron chi connectivity index (χ4n) is 2.62. The molecule has 1 fully saturated rings. The van der Waals surface area contributed by atoms with Crippen molar-refractivity contribution in [1.29, 1.82) is 0 Å². The smallest absolute Gasteiger partial charge is 0.227 e. The first-order chi connectivity index (χ1) is 12.2. The summed E-state index contributed by atoms with van der Waals surface area (Å²) >= 11 is 3.39. The van der Waals surface area contributed by atoms with Crippen LogP contribution in [-0.4, -0.2) is 38.8 Å². The van der Waals surface area contributed by atoms with Gasteiger partial charge in [0.25, 0.3) is 0 Å². The van der Waals surface area contributed by atoms with Crippen molar-refractivity contribution in [2.45, 2.75) is 6.42 Å². The Balaban J connectivity index is 1.44. The number of ether oxygens (including phenoxy) is 2. The molecular weight excluding hydrogens is 384 g/mol. The lowest BCUT2D eigenvalue weighted by Gasteiger charge is -2.28. The van der Waals surface area contributed by atoms with Gasteiger partial charge in [-0.15, -0.1) is 0 Å². The number of anilines is 2. The van der Waals surface area contributed by atoms with Gasteiger partial charge in [0.2, 0.25) is 5.91 Å². The van der Waals surface area contributed by atoms with E-state index in [0.717, 1.165) is 47.9 Å². The van der Waals surface area contributed by atoms with Crippen molar-refractivity contribution in [3.8, 4) is 5.75 Å². The lowest BCUT2D eigenvalue weighted by atomic mass is 10.2. The van der Waals surface area contributed by atoms with Crippen molar-refractivity contribution in [3.63, 3.8) is 0 Å². The van der Waals surface area contributed by atoms with E-state index in [1.165, 1.54) is 0 Å². The highest BCUT2D eigenvalue weighted by atomic mass is 79.9. The molecule has 25 heavy (non-hydrogen) atoms. The Labute approximate surface area is 156 Å². The third kappa shape index (κ3) is 5.47. The first-order valence-corrected chi connectivity index (χ1v) is 9.11. The molecule has 2 aromatic carbocycles. The van der Waals surface area contributed by atoms with E-state index in [0.29, 0.717) is 13.0 Å². The Bertz CT molecular complexity index is 700. The zero-order valence-electron chi connectivity index (χ0n) is 13.9. The molecule has 0 unspecified atom stereocenters. The minimum absolute atomic E-state index is 0.0610. The molecule has 3 rings (SSSR count). The number of amides is 1. The van der Waals surface area contributed by atoms with E-state index in [2.05, 4.69) is 26.1 Å². The van der Waals surface area contributed by atoms with Crippen LogP contribution in [0.15, 0.2) is 53.0 Å². The Morgan fingerprint density at radius 2 is 1.92 bits per heavy atom.